The summed E-state index contributed by atoms with van der Waals surface area (Å²) >= 11 is 3.11. The number of quaternary nitrogens is 1. The summed E-state index contributed by atoms with van der Waals surface area (Å²) in [5.74, 6) is -0.0776. The van der Waals surface area contributed by atoms with Crippen LogP contribution in [0.4, 0.5) is 10.9 Å². The summed E-state index contributed by atoms with van der Waals surface area (Å²) in [7, 11) is 0. The van der Waals surface area contributed by atoms with E-state index in [1.54, 1.807) is 39.5 Å². The Bertz CT molecular complexity index is 1840. The first-order valence-electron chi connectivity index (χ1n) is 14.0. The van der Waals surface area contributed by atoms with E-state index in [4.69, 9.17) is 19.9 Å². The van der Waals surface area contributed by atoms with Crippen LogP contribution in [0, 0.1) is 0 Å². The lowest BCUT2D eigenvalue weighted by molar-refractivity contribution is -0.427. The second-order valence-electron chi connectivity index (χ2n) is 10.8. The quantitative estimate of drug-likeness (QED) is 0.252. The Kier molecular flexibility index (Phi) is 7.14. The summed E-state index contributed by atoms with van der Waals surface area (Å²) in [6.07, 6.45) is 7.76. The number of furan rings is 1. The van der Waals surface area contributed by atoms with Gasteiger partial charge in [-0.2, -0.15) is 9.61 Å². The van der Waals surface area contributed by atoms with Gasteiger partial charge in [-0.15, -0.1) is 22.7 Å². The largest absolute Gasteiger partial charge is 0.459 e. The molecular formula is C28H31N8O4S2+. The number of hydrogen-bond acceptors (Lipinski definition) is 11. The summed E-state index contributed by atoms with van der Waals surface area (Å²) in [5.41, 5.74) is 13.4. The number of primary amides is 1. The van der Waals surface area contributed by atoms with Gasteiger partial charge in [-0.05, 0) is 29.9 Å². The van der Waals surface area contributed by atoms with Gasteiger partial charge in [0.25, 0.3) is 5.91 Å². The van der Waals surface area contributed by atoms with E-state index in [0.29, 0.717) is 42.5 Å². The van der Waals surface area contributed by atoms with E-state index in [1.165, 1.54) is 12.7 Å². The van der Waals surface area contributed by atoms with Gasteiger partial charge in [-0.1, -0.05) is 6.42 Å². The first kappa shape index (κ1) is 27.0. The fourth-order valence-electron chi connectivity index (χ4n) is 5.81. The van der Waals surface area contributed by atoms with E-state index in [0.717, 1.165) is 58.1 Å². The molecule has 2 atom stereocenters. The van der Waals surface area contributed by atoms with Crippen molar-refractivity contribution < 1.29 is 19.7 Å². The molecule has 0 aromatic carbocycles. The van der Waals surface area contributed by atoms with Crippen molar-refractivity contribution in [3.63, 3.8) is 0 Å². The van der Waals surface area contributed by atoms with Crippen LogP contribution in [0.1, 0.15) is 47.3 Å². The fraction of sp³-hybridized carbons (Fsp3) is 0.393. The van der Waals surface area contributed by atoms with E-state index in [9.17, 15) is 9.59 Å². The minimum Gasteiger partial charge on any atom is -0.459 e. The lowest BCUT2D eigenvalue weighted by Gasteiger charge is -2.27. The Morgan fingerprint density at radius 1 is 1.21 bits per heavy atom. The number of anilines is 2. The molecule has 6 heterocycles. The Balaban J connectivity index is 1.23. The van der Waals surface area contributed by atoms with Crippen molar-refractivity contribution in [2.45, 2.75) is 44.2 Å². The number of fused-ring (bicyclic) bond motifs is 2. The van der Waals surface area contributed by atoms with Crippen LogP contribution in [-0.4, -0.2) is 63.9 Å². The molecule has 0 spiro atoms. The second-order valence-corrected chi connectivity index (χ2v) is 12.7. The molecular weight excluding hydrogens is 576 g/mol. The molecule has 0 unspecified atom stereocenters. The first-order chi connectivity index (χ1) is 20.5. The Hall–Kier alpha value is -3.85. The molecule has 1 saturated carbocycles. The van der Waals surface area contributed by atoms with Gasteiger partial charge in [0.1, 0.15) is 24.2 Å². The van der Waals surface area contributed by atoms with Crippen LogP contribution in [0.3, 0.4) is 0 Å². The van der Waals surface area contributed by atoms with Crippen molar-refractivity contribution in [2.24, 2.45) is 5.73 Å². The summed E-state index contributed by atoms with van der Waals surface area (Å²) in [5, 5.41) is 10.8. The van der Waals surface area contributed by atoms with Crippen molar-refractivity contribution >= 4 is 55.5 Å². The molecule has 12 nitrogen and oxygen atoms in total. The zero-order valence-corrected chi connectivity index (χ0v) is 24.5. The molecule has 1 aliphatic heterocycles. The Labute approximate surface area is 248 Å². The maximum Gasteiger partial charge on any atom is 0.254 e. The van der Waals surface area contributed by atoms with Gasteiger partial charge < -0.3 is 30.8 Å². The highest BCUT2D eigenvalue weighted by molar-refractivity contribution is 7.23. The molecule has 1 saturated heterocycles. The number of nitrogens with two attached hydrogens (primary N) is 1. The number of amides is 1. The summed E-state index contributed by atoms with van der Waals surface area (Å²) < 4.78 is 13.6. The highest BCUT2D eigenvalue weighted by atomic mass is 32.1. The normalized spacial score (nSPS) is 19.5. The van der Waals surface area contributed by atoms with Crippen LogP contribution >= 0.6 is 22.7 Å². The number of morpholine rings is 1. The molecule has 14 heteroatoms. The van der Waals surface area contributed by atoms with Gasteiger partial charge in [0, 0.05) is 42.4 Å². The van der Waals surface area contributed by atoms with Crippen molar-refractivity contribution in [3.05, 3.63) is 57.1 Å². The first-order valence-corrected chi connectivity index (χ1v) is 15.7. The molecule has 218 valence electrons. The maximum atomic E-state index is 12.9. The molecule has 6 N–H and O–H groups in total. The minimum absolute atomic E-state index is 0.132. The fourth-order valence-corrected chi connectivity index (χ4v) is 7.99. The Morgan fingerprint density at radius 3 is 2.86 bits per heavy atom. The molecule has 0 radical (unpaired) electrons. The lowest BCUT2D eigenvalue weighted by Crippen LogP contribution is -2.68. The molecule has 2 aliphatic rings. The predicted molar refractivity (Wildman–Crippen MR) is 161 cm³/mol. The molecule has 5 aromatic rings. The summed E-state index contributed by atoms with van der Waals surface area (Å²) in [6, 6.07) is 4.11. The van der Waals surface area contributed by atoms with Crippen LogP contribution in [0.5, 0.6) is 0 Å². The Morgan fingerprint density at radius 2 is 2.05 bits per heavy atom. The van der Waals surface area contributed by atoms with Gasteiger partial charge in [-0.25, -0.2) is 9.97 Å². The van der Waals surface area contributed by atoms with Crippen LogP contribution < -0.4 is 27.1 Å². The third-order valence-corrected chi connectivity index (χ3v) is 10.2. The zero-order chi connectivity index (χ0) is 28.8. The highest BCUT2D eigenvalue weighted by Gasteiger charge is 2.28. The average Bonchev–Trinajstić information content (AvgIpc) is 3.75. The van der Waals surface area contributed by atoms with Crippen LogP contribution in [0.2, 0.25) is 0 Å². The van der Waals surface area contributed by atoms with Gasteiger partial charge in [0.2, 0.25) is 11.4 Å². The number of thiophene rings is 1. The van der Waals surface area contributed by atoms with Crippen LogP contribution in [0.15, 0.2) is 39.3 Å². The number of nitrogens with zero attached hydrogens (tertiary/aromatic N) is 5. The third-order valence-electron chi connectivity index (χ3n) is 8.02. The summed E-state index contributed by atoms with van der Waals surface area (Å²) in [4.78, 5) is 37.9. The van der Waals surface area contributed by atoms with Crippen LogP contribution in [0.25, 0.3) is 26.4 Å². The number of hydrogen-bond donors (Lipinski definition) is 3. The number of nitrogens with one attached hydrogen (secondary N) is 1. The van der Waals surface area contributed by atoms with Crippen molar-refractivity contribution in [1.29, 1.82) is 0 Å². The van der Waals surface area contributed by atoms with Crippen LogP contribution in [-0.2, 0) is 11.2 Å². The van der Waals surface area contributed by atoms with Crippen molar-refractivity contribution in [1.82, 2.24) is 19.6 Å². The van der Waals surface area contributed by atoms with E-state index in [1.807, 2.05) is 11.4 Å². The number of aromatic nitrogens is 4. The second kappa shape index (κ2) is 11.1. The third kappa shape index (κ3) is 4.93. The van der Waals surface area contributed by atoms with E-state index in [-0.39, 0.29) is 23.1 Å². The molecule has 42 heavy (non-hydrogen) atoms. The van der Waals surface area contributed by atoms with E-state index in [2.05, 4.69) is 26.0 Å². The zero-order valence-electron chi connectivity index (χ0n) is 22.9. The molecule has 7 rings (SSSR count). The maximum absolute atomic E-state index is 12.9. The van der Waals surface area contributed by atoms with E-state index >= 15 is 0 Å². The van der Waals surface area contributed by atoms with Gasteiger partial charge in [0.15, 0.2) is 11.2 Å². The number of carbonyl (C=O) groups is 1. The SMILES string of the molecule is NC(=O)c1c(Cc2csc(-c3coc4c(=O)cc(N5CCOCC5)sc34)c2)nc(N[C@H]2CCCC[C@H]2[NH3+])n2ncnc12. The average molecular weight is 608 g/mol. The standard InChI is InChI=1S/C28H30N8O4S2/c29-17-3-1-2-4-18(17)33-28-34-19(23(26(30)38)27-31-14-32-36(27)28)9-15-10-21(41-13-15)16-12-40-24-20(37)11-22(42-25(16)24)35-5-7-39-8-6-35/h10-14,17-18H,1-9,29H2,(H2,30,38)(H,33,34)/p+1/t17-,18+/m1/s1. The van der Waals surface area contributed by atoms with Crippen molar-refractivity contribution in [2.75, 3.05) is 36.5 Å². The summed E-state index contributed by atoms with van der Waals surface area (Å²) in [6.45, 7) is 2.77. The molecule has 0 bridgehead atoms. The van der Waals surface area contributed by atoms with Gasteiger partial charge in [0.05, 0.1) is 34.7 Å². The van der Waals surface area contributed by atoms with Crippen molar-refractivity contribution in [3.8, 4) is 10.4 Å². The number of carbonyl (C=O) groups excluding carboxylic acids is 1. The molecule has 1 aliphatic carbocycles. The predicted octanol–water partition coefficient (Wildman–Crippen LogP) is 2.51. The molecule has 2 fully saturated rings. The molecule has 1 amide bonds. The number of ether oxygens (including phenoxy) is 1. The minimum atomic E-state index is -0.605. The van der Waals surface area contributed by atoms with Gasteiger partial charge in [-0.3, -0.25) is 9.59 Å². The topological polar surface area (TPSA) is 169 Å². The number of rotatable bonds is 7. The highest BCUT2D eigenvalue weighted by Crippen LogP contribution is 2.39. The van der Waals surface area contributed by atoms with Gasteiger partial charge >= 0.3 is 0 Å². The smallest absolute Gasteiger partial charge is 0.254 e. The molecule has 5 aromatic heterocycles. The lowest BCUT2D eigenvalue weighted by atomic mass is 9.91. The van der Waals surface area contributed by atoms with E-state index < -0.39 is 5.91 Å². The monoisotopic (exact) mass is 607 g/mol.